The molecule has 180 valence electrons. The van der Waals surface area contributed by atoms with Crippen molar-refractivity contribution in [1.82, 2.24) is 20.2 Å². The summed E-state index contributed by atoms with van der Waals surface area (Å²) in [5.74, 6) is -0.401. The number of hydrogen-bond donors (Lipinski definition) is 2. The Morgan fingerprint density at radius 3 is 2.49 bits per heavy atom. The summed E-state index contributed by atoms with van der Waals surface area (Å²) >= 11 is 0. The van der Waals surface area contributed by atoms with Gasteiger partial charge < -0.3 is 20.1 Å². The lowest BCUT2D eigenvalue weighted by Gasteiger charge is -2.33. The van der Waals surface area contributed by atoms with Crippen LogP contribution in [0, 0.1) is 5.82 Å². The maximum absolute atomic E-state index is 15.0. The van der Waals surface area contributed by atoms with Crippen LogP contribution in [0.3, 0.4) is 0 Å². The molecule has 0 saturated carbocycles. The summed E-state index contributed by atoms with van der Waals surface area (Å²) in [6.45, 7) is 7.52. The van der Waals surface area contributed by atoms with Gasteiger partial charge in [-0.1, -0.05) is 18.2 Å². The number of nitrogens with one attached hydrogen (secondary N) is 2. The number of fused-ring (bicyclic) bond motifs is 2. The number of likely N-dealkylation sites (N-methyl/N-ethyl adjacent to an activating group) is 1. The van der Waals surface area contributed by atoms with E-state index in [4.69, 9.17) is 0 Å². The molecule has 0 atom stereocenters. The Morgan fingerprint density at radius 1 is 1.03 bits per heavy atom. The average molecular weight is 474 g/mol. The zero-order valence-corrected chi connectivity index (χ0v) is 20.1. The summed E-state index contributed by atoms with van der Waals surface area (Å²) in [6, 6.07) is 13.5. The number of amides is 1. The van der Waals surface area contributed by atoms with E-state index in [0.29, 0.717) is 16.4 Å². The standard InChI is InChI=1S/C27H28FN5O2/c1-27(2,17-8-9-24(29-16-17)33-12-10-32(3)11-13-33)31-26(35)19-15-23-20(14-21(19)28)25(34)18-6-4-5-7-22(18)30-23/h4-9,14-16H,10-13H2,1-3H3,(H,30,34)(H,31,35). The number of piperazine rings is 1. The van der Waals surface area contributed by atoms with Crippen molar-refractivity contribution in [3.63, 3.8) is 0 Å². The number of halogens is 1. The van der Waals surface area contributed by atoms with Crippen molar-refractivity contribution in [1.29, 1.82) is 0 Å². The molecule has 2 aromatic heterocycles. The molecule has 35 heavy (non-hydrogen) atoms. The van der Waals surface area contributed by atoms with Gasteiger partial charge in [-0.2, -0.15) is 0 Å². The Labute approximate surface area is 202 Å². The monoisotopic (exact) mass is 473 g/mol. The smallest absolute Gasteiger partial charge is 0.255 e. The number of carbonyl (C=O) groups excluding carboxylic acids is 1. The van der Waals surface area contributed by atoms with E-state index in [2.05, 4.69) is 32.1 Å². The molecule has 0 radical (unpaired) electrons. The molecule has 2 aromatic carbocycles. The molecule has 3 heterocycles. The van der Waals surface area contributed by atoms with Crippen molar-refractivity contribution >= 4 is 33.5 Å². The van der Waals surface area contributed by atoms with Crippen LogP contribution in [0.2, 0.25) is 0 Å². The number of benzene rings is 2. The van der Waals surface area contributed by atoms with Gasteiger partial charge >= 0.3 is 0 Å². The number of hydrogen-bond acceptors (Lipinski definition) is 5. The normalized spacial score (nSPS) is 15.0. The summed E-state index contributed by atoms with van der Waals surface area (Å²) in [4.78, 5) is 38.2. The van der Waals surface area contributed by atoms with Crippen molar-refractivity contribution in [2.75, 3.05) is 38.1 Å². The Hall–Kier alpha value is -3.78. The van der Waals surface area contributed by atoms with Gasteiger partial charge in [0, 0.05) is 48.7 Å². The first kappa shape index (κ1) is 23.0. The molecule has 8 heteroatoms. The maximum atomic E-state index is 15.0. The van der Waals surface area contributed by atoms with E-state index in [1.54, 1.807) is 24.4 Å². The largest absolute Gasteiger partial charge is 0.354 e. The highest BCUT2D eigenvalue weighted by Crippen LogP contribution is 2.24. The molecule has 5 rings (SSSR count). The van der Waals surface area contributed by atoms with Crippen LogP contribution in [0.1, 0.15) is 29.8 Å². The summed E-state index contributed by atoms with van der Waals surface area (Å²) in [5, 5.41) is 3.61. The van der Waals surface area contributed by atoms with Crippen LogP contribution in [-0.4, -0.2) is 54.0 Å². The predicted molar refractivity (Wildman–Crippen MR) is 136 cm³/mol. The van der Waals surface area contributed by atoms with E-state index in [0.717, 1.165) is 43.6 Å². The molecular formula is C27H28FN5O2. The first-order valence-electron chi connectivity index (χ1n) is 11.7. The molecule has 0 bridgehead atoms. The molecule has 1 aliphatic rings. The molecule has 1 aliphatic heterocycles. The SMILES string of the molecule is CN1CCN(c2ccc(C(C)(C)NC(=O)c3cc4[nH]c5ccccc5c(=O)c4cc3F)cn2)CC1. The third-order valence-electron chi connectivity index (χ3n) is 6.76. The molecule has 1 amide bonds. The van der Waals surface area contributed by atoms with Gasteiger partial charge in [0.05, 0.1) is 16.6 Å². The van der Waals surface area contributed by atoms with E-state index in [1.165, 1.54) is 6.07 Å². The molecule has 4 aromatic rings. The van der Waals surface area contributed by atoms with Gasteiger partial charge in [-0.15, -0.1) is 0 Å². The fraction of sp³-hybridized carbons (Fsp3) is 0.296. The highest BCUT2D eigenvalue weighted by molar-refractivity contribution is 6.00. The summed E-state index contributed by atoms with van der Waals surface area (Å²) in [5.41, 5.74) is 0.670. The molecule has 1 fully saturated rings. The van der Waals surface area contributed by atoms with Crippen LogP contribution in [0.15, 0.2) is 59.5 Å². The fourth-order valence-corrected chi connectivity index (χ4v) is 4.52. The lowest BCUT2D eigenvalue weighted by molar-refractivity contribution is 0.0908. The number of rotatable bonds is 4. The lowest BCUT2D eigenvalue weighted by atomic mass is 9.95. The number of anilines is 1. The van der Waals surface area contributed by atoms with Crippen LogP contribution < -0.4 is 15.6 Å². The Kier molecular flexibility index (Phi) is 5.76. The van der Waals surface area contributed by atoms with E-state index in [1.807, 2.05) is 32.0 Å². The number of aromatic nitrogens is 2. The summed E-state index contributed by atoms with van der Waals surface area (Å²) in [7, 11) is 2.11. The molecule has 7 nitrogen and oxygen atoms in total. The van der Waals surface area contributed by atoms with Crippen LogP contribution in [0.5, 0.6) is 0 Å². The predicted octanol–water partition coefficient (Wildman–Crippen LogP) is 3.63. The number of pyridine rings is 2. The minimum atomic E-state index is -0.789. The molecule has 0 aliphatic carbocycles. The second-order valence-corrected chi connectivity index (χ2v) is 9.65. The number of nitrogens with zero attached hydrogens (tertiary/aromatic N) is 3. The minimum Gasteiger partial charge on any atom is -0.354 e. The first-order valence-corrected chi connectivity index (χ1v) is 11.7. The average Bonchev–Trinajstić information content (AvgIpc) is 2.85. The minimum absolute atomic E-state index is 0.126. The van der Waals surface area contributed by atoms with Gasteiger partial charge in [0.25, 0.3) is 5.91 Å². The third-order valence-corrected chi connectivity index (χ3v) is 6.76. The van der Waals surface area contributed by atoms with E-state index >= 15 is 0 Å². The van der Waals surface area contributed by atoms with Crippen molar-refractivity contribution in [2.45, 2.75) is 19.4 Å². The van der Waals surface area contributed by atoms with Gasteiger partial charge in [-0.3, -0.25) is 9.59 Å². The lowest BCUT2D eigenvalue weighted by Crippen LogP contribution is -2.45. The van der Waals surface area contributed by atoms with Crippen LogP contribution >= 0.6 is 0 Å². The van der Waals surface area contributed by atoms with Gasteiger partial charge in [-0.05, 0) is 56.8 Å². The summed E-state index contributed by atoms with van der Waals surface area (Å²) < 4.78 is 15.0. The molecule has 0 unspecified atom stereocenters. The number of carbonyl (C=O) groups is 1. The number of aromatic amines is 1. The van der Waals surface area contributed by atoms with Crippen LogP contribution in [0.25, 0.3) is 21.8 Å². The van der Waals surface area contributed by atoms with E-state index in [9.17, 15) is 14.0 Å². The van der Waals surface area contributed by atoms with Crippen molar-refractivity contribution < 1.29 is 9.18 Å². The second kappa shape index (κ2) is 8.78. The highest BCUT2D eigenvalue weighted by Gasteiger charge is 2.26. The highest BCUT2D eigenvalue weighted by atomic mass is 19.1. The molecular weight excluding hydrogens is 445 g/mol. The van der Waals surface area contributed by atoms with Gasteiger partial charge in [0.15, 0.2) is 5.43 Å². The maximum Gasteiger partial charge on any atom is 0.255 e. The molecule has 0 spiro atoms. The van der Waals surface area contributed by atoms with E-state index < -0.39 is 17.3 Å². The Bertz CT molecular complexity index is 1470. The van der Waals surface area contributed by atoms with Crippen molar-refractivity contribution in [3.8, 4) is 0 Å². The fourth-order valence-electron chi connectivity index (χ4n) is 4.52. The van der Waals surface area contributed by atoms with Crippen LogP contribution in [0.4, 0.5) is 10.2 Å². The molecule has 2 N–H and O–H groups in total. The Balaban J connectivity index is 1.40. The number of para-hydroxylation sites is 1. The number of H-pyrrole nitrogens is 1. The van der Waals surface area contributed by atoms with Crippen molar-refractivity contribution in [3.05, 3.63) is 81.9 Å². The van der Waals surface area contributed by atoms with E-state index in [-0.39, 0.29) is 16.4 Å². The quantitative estimate of drug-likeness (QED) is 0.443. The van der Waals surface area contributed by atoms with Gasteiger partial charge in [-0.25, -0.2) is 9.37 Å². The van der Waals surface area contributed by atoms with Gasteiger partial charge in [0.2, 0.25) is 0 Å². The Morgan fingerprint density at radius 2 is 1.77 bits per heavy atom. The topological polar surface area (TPSA) is 81.3 Å². The zero-order chi connectivity index (χ0) is 24.7. The van der Waals surface area contributed by atoms with Gasteiger partial charge in [0.1, 0.15) is 11.6 Å². The van der Waals surface area contributed by atoms with Crippen molar-refractivity contribution in [2.24, 2.45) is 0 Å². The molecule has 1 saturated heterocycles. The first-order chi connectivity index (χ1) is 16.7. The van der Waals surface area contributed by atoms with Crippen LogP contribution in [-0.2, 0) is 5.54 Å². The third kappa shape index (κ3) is 4.37. The zero-order valence-electron chi connectivity index (χ0n) is 20.1. The summed E-state index contributed by atoms with van der Waals surface area (Å²) in [6.07, 6.45) is 1.76. The second-order valence-electron chi connectivity index (χ2n) is 9.65.